The van der Waals surface area contributed by atoms with Gasteiger partial charge in [-0.1, -0.05) is 20.8 Å². The lowest BCUT2D eigenvalue weighted by Gasteiger charge is -2.07. The zero-order chi connectivity index (χ0) is 11.6. The SMILES string of the molecule is CC(C)CCS(=O)(=O)NC(=O)[C@@H]1C[C@H]1C. The van der Waals surface area contributed by atoms with E-state index >= 15 is 0 Å². The number of nitrogens with one attached hydrogen (secondary N) is 1. The molecular formula is C10H19NO3S. The molecule has 0 aromatic carbocycles. The Labute approximate surface area is 91.5 Å². The number of carbonyl (C=O) groups excluding carboxylic acids is 1. The van der Waals surface area contributed by atoms with Crippen molar-refractivity contribution in [3.63, 3.8) is 0 Å². The number of carbonyl (C=O) groups is 1. The molecule has 0 radical (unpaired) electrons. The summed E-state index contributed by atoms with van der Waals surface area (Å²) < 4.78 is 25.0. The summed E-state index contributed by atoms with van der Waals surface area (Å²) in [5.41, 5.74) is 0. The van der Waals surface area contributed by atoms with Crippen LogP contribution in [0.1, 0.15) is 33.6 Å². The molecule has 1 amide bonds. The Morgan fingerprint density at radius 1 is 1.47 bits per heavy atom. The molecule has 0 unspecified atom stereocenters. The second-order valence-electron chi connectivity index (χ2n) is 4.79. The molecule has 1 saturated carbocycles. The Bertz CT molecular complexity index is 335. The molecule has 1 fully saturated rings. The van der Waals surface area contributed by atoms with Gasteiger partial charge in [0.05, 0.1) is 5.75 Å². The van der Waals surface area contributed by atoms with E-state index in [0.717, 1.165) is 6.42 Å². The first kappa shape index (κ1) is 12.5. The molecule has 5 heteroatoms. The van der Waals surface area contributed by atoms with Crippen LogP contribution < -0.4 is 4.72 Å². The van der Waals surface area contributed by atoms with Gasteiger partial charge in [0.15, 0.2) is 0 Å². The highest BCUT2D eigenvalue weighted by atomic mass is 32.2. The standard InChI is InChI=1S/C10H19NO3S/c1-7(2)4-5-15(13,14)11-10(12)9-6-8(9)3/h7-9H,4-6H2,1-3H3,(H,11,12)/t8-,9-/m1/s1. The molecule has 15 heavy (non-hydrogen) atoms. The molecule has 0 saturated heterocycles. The fraction of sp³-hybridized carbons (Fsp3) is 0.900. The largest absolute Gasteiger partial charge is 0.274 e. The predicted octanol–water partition coefficient (Wildman–Crippen LogP) is 1.13. The van der Waals surface area contributed by atoms with Gasteiger partial charge in [-0.15, -0.1) is 0 Å². The molecule has 1 rings (SSSR count). The molecule has 2 atom stereocenters. The van der Waals surface area contributed by atoms with Gasteiger partial charge < -0.3 is 0 Å². The third kappa shape index (κ3) is 4.20. The summed E-state index contributed by atoms with van der Waals surface area (Å²) in [4.78, 5) is 11.4. The molecule has 4 nitrogen and oxygen atoms in total. The van der Waals surface area contributed by atoms with Crippen LogP contribution in [0.25, 0.3) is 0 Å². The minimum atomic E-state index is -3.40. The van der Waals surface area contributed by atoms with Crippen LogP contribution in [-0.2, 0) is 14.8 Å². The van der Waals surface area contributed by atoms with E-state index in [2.05, 4.69) is 4.72 Å². The van der Waals surface area contributed by atoms with Gasteiger partial charge in [0.25, 0.3) is 0 Å². The second-order valence-corrected chi connectivity index (χ2v) is 6.63. The lowest BCUT2D eigenvalue weighted by molar-refractivity contribution is -0.120. The number of sulfonamides is 1. The number of amides is 1. The molecule has 0 aromatic rings. The smallest absolute Gasteiger partial charge is 0.236 e. The van der Waals surface area contributed by atoms with Crippen molar-refractivity contribution < 1.29 is 13.2 Å². The average Bonchev–Trinajstić information content (AvgIpc) is 2.79. The topological polar surface area (TPSA) is 63.2 Å². The Hall–Kier alpha value is -0.580. The normalized spacial score (nSPS) is 25.3. The third-order valence-electron chi connectivity index (χ3n) is 2.67. The summed E-state index contributed by atoms with van der Waals surface area (Å²) in [6.45, 7) is 5.87. The molecular weight excluding hydrogens is 214 g/mol. The Kier molecular flexibility index (Phi) is 3.76. The fourth-order valence-corrected chi connectivity index (χ4v) is 2.70. The zero-order valence-corrected chi connectivity index (χ0v) is 10.3. The summed E-state index contributed by atoms with van der Waals surface area (Å²) >= 11 is 0. The maximum absolute atomic E-state index is 11.5. The van der Waals surface area contributed by atoms with Crippen molar-refractivity contribution in [2.75, 3.05) is 5.75 Å². The Balaban J connectivity index is 2.39. The van der Waals surface area contributed by atoms with Crippen LogP contribution in [0, 0.1) is 17.8 Å². The molecule has 1 N–H and O–H groups in total. The first-order valence-corrected chi connectivity index (χ1v) is 7.01. The molecule has 0 heterocycles. The summed E-state index contributed by atoms with van der Waals surface area (Å²) in [7, 11) is -3.40. The van der Waals surface area contributed by atoms with Crippen molar-refractivity contribution in [2.24, 2.45) is 17.8 Å². The minimum absolute atomic E-state index is 0.0392. The highest BCUT2D eigenvalue weighted by Gasteiger charge is 2.40. The van der Waals surface area contributed by atoms with E-state index in [1.165, 1.54) is 0 Å². The van der Waals surface area contributed by atoms with Gasteiger partial charge >= 0.3 is 0 Å². The molecule has 88 valence electrons. The van der Waals surface area contributed by atoms with E-state index in [-0.39, 0.29) is 17.6 Å². The van der Waals surface area contributed by atoms with Gasteiger partial charge in [0.2, 0.25) is 15.9 Å². The highest BCUT2D eigenvalue weighted by molar-refractivity contribution is 7.90. The average molecular weight is 233 g/mol. The third-order valence-corrected chi connectivity index (χ3v) is 3.95. The number of hydrogen-bond acceptors (Lipinski definition) is 3. The van der Waals surface area contributed by atoms with E-state index in [9.17, 15) is 13.2 Å². The maximum Gasteiger partial charge on any atom is 0.236 e. The van der Waals surface area contributed by atoms with E-state index in [4.69, 9.17) is 0 Å². The fourth-order valence-electron chi connectivity index (χ4n) is 1.36. The maximum atomic E-state index is 11.5. The zero-order valence-electron chi connectivity index (χ0n) is 9.49. The van der Waals surface area contributed by atoms with Gasteiger partial charge in [-0.2, -0.15) is 0 Å². The Morgan fingerprint density at radius 3 is 2.40 bits per heavy atom. The van der Waals surface area contributed by atoms with Crippen LogP contribution in [0.4, 0.5) is 0 Å². The van der Waals surface area contributed by atoms with Crippen molar-refractivity contribution in [2.45, 2.75) is 33.6 Å². The Morgan fingerprint density at radius 2 is 2.00 bits per heavy atom. The summed E-state index contributed by atoms with van der Waals surface area (Å²) in [5, 5.41) is 0. The van der Waals surface area contributed by atoms with Crippen LogP contribution in [-0.4, -0.2) is 20.1 Å². The van der Waals surface area contributed by atoms with Gasteiger partial charge in [-0.05, 0) is 24.7 Å². The molecule has 0 aromatic heterocycles. The quantitative estimate of drug-likeness (QED) is 0.774. The number of rotatable bonds is 5. The van der Waals surface area contributed by atoms with Crippen molar-refractivity contribution in [1.82, 2.24) is 4.72 Å². The number of hydrogen-bond donors (Lipinski definition) is 1. The van der Waals surface area contributed by atoms with E-state index in [1.807, 2.05) is 20.8 Å². The minimum Gasteiger partial charge on any atom is -0.274 e. The van der Waals surface area contributed by atoms with Crippen LogP contribution >= 0.6 is 0 Å². The van der Waals surface area contributed by atoms with Crippen molar-refractivity contribution in [1.29, 1.82) is 0 Å². The lowest BCUT2D eigenvalue weighted by atomic mass is 10.2. The molecule has 0 bridgehead atoms. The second kappa shape index (κ2) is 4.51. The lowest BCUT2D eigenvalue weighted by Crippen LogP contribution is -2.34. The highest BCUT2D eigenvalue weighted by Crippen LogP contribution is 2.37. The first-order valence-electron chi connectivity index (χ1n) is 5.36. The predicted molar refractivity (Wildman–Crippen MR) is 58.7 cm³/mol. The van der Waals surface area contributed by atoms with Crippen molar-refractivity contribution in [3.8, 4) is 0 Å². The van der Waals surface area contributed by atoms with Gasteiger partial charge in [0.1, 0.15) is 0 Å². The summed E-state index contributed by atoms with van der Waals surface area (Å²) in [6, 6.07) is 0. The molecule has 0 spiro atoms. The van der Waals surface area contributed by atoms with Gasteiger partial charge in [-0.3, -0.25) is 9.52 Å². The van der Waals surface area contributed by atoms with E-state index in [1.54, 1.807) is 0 Å². The van der Waals surface area contributed by atoms with Crippen molar-refractivity contribution >= 4 is 15.9 Å². The van der Waals surface area contributed by atoms with Crippen LogP contribution in [0.3, 0.4) is 0 Å². The van der Waals surface area contributed by atoms with Gasteiger partial charge in [0, 0.05) is 5.92 Å². The van der Waals surface area contributed by atoms with Crippen LogP contribution in [0.2, 0.25) is 0 Å². The summed E-state index contributed by atoms with van der Waals surface area (Å²) in [5.74, 6) is 0.296. The monoisotopic (exact) mass is 233 g/mol. The van der Waals surface area contributed by atoms with Crippen LogP contribution in [0.5, 0.6) is 0 Å². The molecule has 1 aliphatic carbocycles. The molecule has 0 aliphatic heterocycles. The van der Waals surface area contributed by atoms with Gasteiger partial charge in [-0.25, -0.2) is 8.42 Å². The van der Waals surface area contributed by atoms with E-state index in [0.29, 0.717) is 18.3 Å². The van der Waals surface area contributed by atoms with E-state index < -0.39 is 10.0 Å². The first-order chi connectivity index (χ1) is 6.82. The molecule has 1 aliphatic rings. The summed E-state index contributed by atoms with van der Waals surface area (Å²) in [6.07, 6.45) is 1.40. The van der Waals surface area contributed by atoms with Crippen LogP contribution in [0.15, 0.2) is 0 Å². The van der Waals surface area contributed by atoms with Crippen molar-refractivity contribution in [3.05, 3.63) is 0 Å².